The van der Waals surface area contributed by atoms with Gasteiger partial charge in [0.1, 0.15) is 11.3 Å². The summed E-state index contributed by atoms with van der Waals surface area (Å²) in [5.74, 6) is 0.816. The molecule has 0 atom stereocenters. The third-order valence-electron chi connectivity index (χ3n) is 3.48. The number of nitrogens with one attached hydrogen (secondary N) is 1. The maximum absolute atomic E-state index is 5.73. The molecule has 0 bridgehead atoms. The lowest BCUT2D eigenvalue weighted by Crippen LogP contribution is -2.04. The Morgan fingerprint density at radius 1 is 1.29 bits per heavy atom. The Morgan fingerprint density at radius 2 is 2.05 bits per heavy atom. The van der Waals surface area contributed by atoms with E-state index in [9.17, 15) is 0 Å². The van der Waals surface area contributed by atoms with Crippen molar-refractivity contribution in [2.75, 3.05) is 6.61 Å². The highest BCUT2D eigenvalue weighted by molar-refractivity contribution is 7.71. The summed E-state index contributed by atoms with van der Waals surface area (Å²) >= 11 is 5.51. The molecule has 110 valence electrons. The second-order valence-electron chi connectivity index (χ2n) is 4.79. The van der Waals surface area contributed by atoms with Crippen molar-refractivity contribution >= 4 is 23.4 Å². The van der Waals surface area contributed by atoms with Crippen LogP contribution in [0.1, 0.15) is 19.5 Å². The molecule has 0 saturated carbocycles. The van der Waals surface area contributed by atoms with Gasteiger partial charge in [-0.3, -0.25) is 4.57 Å². The predicted octanol–water partition coefficient (Wildman–Crippen LogP) is 3.38. The number of hydrogen-bond acceptors (Lipinski definition) is 3. The molecular formula is C15H18N4OS. The number of imidazole rings is 1. The molecule has 0 radical (unpaired) electrons. The van der Waals surface area contributed by atoms with Crippen molar-refractivity contribution in [3.63, 3.8) is 0 Å². The van der Waals surface area contributed by atoms with E-state index >= 15 is 0 Å². The summed E-state index contributed by atoms with van der Waals surface area (Å²) in [6, 6.07) is 7.90. The lowest BCUT2D eigenvalue weighted by Gasteiger charge is -2.11. The molecule has 1 aromatic carbocycles. The predicted molar refractivity (Wildman–Crippen MR) is 85.8 cm³/mol. The lowest BCUT2D eigenvalue weighted by molar-refractivity contribution is 0.339. The number of rotatable bonds is 4. The Balaban J connectivity index is 2.33. The van der Waals surface area contributed by atoms with E-state index in [4.69, 9.17) is 17.0 Å². The second kappa shape index (κ2) is 5.37. The molecule has 0 spiro atoms. The maximum Gasteiger partial charge on any atom is 0.184 e. The number of para-hydroxylation sites is 2. The monoisotopic (exact) mass is 302 g/mol. The van der Waals surface area contributed by atoms with Crippen LogP contribution in [0.3, 0.4) is 0 Å². The van der Waals surface area contributed by atoms with Crippen LogP contribution in [0.25, 0.3) is 16.9 Å². The summed E-state index contributed by atoms with van der Waals surface area (Å²) in [4.78, 5) is 3.27. The van der Waals surface area contributed by atoms with Crippen molar-refractivity contribution in [2.24, 2.45) is 7.05 Å². The van der Waals surface area contributed by atoms with Crippen LogP contribution >= 0.6 is 12.2 Å². The Hall–Kier alpha value is -2.08. The quantitative estimate of drug-likeness (QED) is 0.752. The molecule has 0 unspecified atom stereocenters. The molecule has 6 heteroatoms. The van der Waals surface area contributed by atoms with Crippen LogP contribution in [-0.4, -0.2) is 25.9 Å². The Kier molecular flexibility index (Phi) is 3.55. The zero-order valence-electron chi connectivity index (χ0n) is 12.4. The van der Waals surface area contributed by atoms with E-state index in [2.05, 4.69) is 17.0 Å². The molecule has 0 aliphatic heterocycles. The van der Waals surface area contributed by atoms with Crippen LogP contribution in [-0.2, 0) is 13.5 Å². The molecule has 0 fully saturated rings. The van der Waals surface area contributed by atoms with Gasteiger partial charge in [-0.1, -0.05) is 19.1 Å². The molecule has 0 saturated heterocycles. The van der Waals surface area contributed by atoms with E-state index in [0.717, 1.165) is 34.7 Å². The van der Waals surface area contributed by atoms with E-state index in [-0.39, 0.29) is 0 Å². The number of benzene rings is 1. The third kappa shape index (κ3) is 2.15. The molecule has 1 N–H and O–H groups in total. The van der Waals surface area contributed by atoms with Crippen molar-refractivity contribution in [1.82, 2.24) is 19.3 Å². The van der Waals surface area contributed by atoms with E-state index in [1.54, 1.807) is 0 Å². The van der Waals surface area contributed by atoms with Crippen LogP contribution in [0.2, 0.25) is 0 Å². The molecule has 3 aromatic rings. The number of ether oxygens (including phenoxy) is 1. The average Bonchev–Trinajstić information content (AvgIpc) is 2.97. The minimum Gasteiger partial charge on any atom is -0.492 e. The van der Waals surface area contributed by atoms with Crippen molar-refractivity contribution in [3.8, 4) is 11.4 Å². The zero-order chi connectivity index (χ0) is 15.0. The second-order valence-corrected chi connectivity index (χ2v) is 5.18. The van der Waals surface area contributed by atoms with Gasteiger partial charge >= 0.3 is 0 Å². The highest BCUT2D eigenvalue weighted by Gasteiger charge is 2.17. The van der Waals surface area contributed by atoms with Gasteiger partial charge in [0.05, 0.1) is 18.0 Å². The third-order valence-corrected chi connectivity index (χ3v) is 3.76. The fourth-order valence-corrected chi connectivity index (χ4v) is 2.89. The first-order valence-corrected chi connectivity index (χ1v) is 7.47. The van der Waals surface area contributed by atoms with Gasteiger partial charge in [0.2, 0.25) is 0 Å². The summed E-state index contributed by atoms with van der Waals surface area (Å²) in [5.41, 5.74) is 3.91. The van der Waals surface area contributed by atoms with E-state index in [1.807, 2.05) is 47.5 Å². The first-order valence-electron chi connectivity index (χ1n) is 7.06. The van der Waals surface area contributed by atoms with Crippen molar-refractivity contribution in [2.45, 2.75) is 20.3 Å². The minimum absolute atomic E-state index is 0.615. The van der Waals surface area contributed by atoms with Gasteiger partial charge in [0.15, 0.2) is 10.4 Å². The van der Waals surface area contributed by atoms with Gasteiger partial charge < -0.3 is 9.72 Å². The highest BCUT2D eigenvalue weighted by atomic mass is 32.1. The van der Waals surface area contributed by atoms with Crippen LogP contribution in [0, 0.1) is 4.77 Å². The number of fused-ring (bicyclic) bond motifs is 1. The number of hydrogen-bond donors (Lipinski definition) is 1. The summed E-state index contributed by atoms with van der Waals surface area (Å²) in [6.07, 6.45) is 0.861. The van der Waals surface area contributed by atoms with E-state index in [1.165, 1.54) is 0 Å². The Morgan fingerprint density at radius 3 is 2.76 bits per heavy atom. The van der Waals surface area contributed by atoms with Gasteiger partial charge in [-0.05, 0) is 37.7 Å². The molecular weight excluding hydrogens is 284 g/mol. The van der Waals surface area contributed by atoms with Gasteiger partial charge in [-0.2, -0.15) is 5.10 Å². The van der Waals surface area contributed by atoms with Crippen molar-refractivity contribution in [1.29, 1.82) is 0 Å². The minimum atomic E-state index is 0.615. The molecule has 5 nitrogen and oxygen atoms in total. The Labute approximate surface area is 128 Å². The first-order chi connectivity index (χ1) is 10.2. The van der Waals surface area contributed by atoms with Crippen LogP contribution < -0.4 is 4.74 Å². The van der Waals surface area contributed by atoms with Gasteiger partial charge in [-0.25, -0.2) is 4.68 Å². The lowest BCUT2D eigenvalue weighted by atomic mass is 10.3. The molecule has 0 aliphatic carbocycles. The van der Waals surface area contributed by atoms with Gasteiger partial charge in [-0.15, -0.1) is 0 Å². The molecule has 2 heterocycles. The van der Waals surface area contributed by atoms with Gasteiger partial charge in [0, 0.05) is 7.05 Å². The molecule has 2 aromatic heterocycles. The van der Waals surface area contributed by atoms with Crippen molar-refractivity contribution in [3.05, 3.63) is 34.7 Å². The Bertz CT molecular complexity index is 843. The summed E-state index contributed by atoms with van der Waals surface area (Å²) in [5, 5.41) is 4.55. The normalized spacial score (nSPS) is 11.2. The number of aromatic amines is 1. The molecule has 3 rings (SSSR count). The number of nitrogens with zero attached hydrogens (tertiary/aromatic N) is 3. The zero-order valence-corrected chi connectivity index (χ0v) is 13.2. The largest absolute Gasteiger partial charge is 0.492 e. The van der Waals surface area contributed by atoms with E-state index < -0.39 is 0 Å². The van der Waals surface area contributed by atoms with Crippen molar-refractivity contribution < 1.29 is 4.74 Å². The molecule has 0 aliphatic rings. The first kappa shape index (κ1) is 13.9. The summed E-state index contributed by atoms with van der Waals surface area (Å²) in [7, 11) is 1.93. The van der Waals surface area contributed by atoms with Gasteiger partial charge in [0.25, 0.3) is 0 Å². The fourth-order valence-electron chi connectivity index (χ4n) is 2.60. The van der Waals surface area contributed by atoms with Crippen LogP contribution in [0.15, 0.2) is 24.3 Å². The van der Waals surface area contributed by atoms with Crippen LogP contribution in [0.5, 0.6) is 5.75 Å². The summed E-state index contributed by atoms with van der Waals surface area (Å²) < 4.78 is 10.2. The highest BCUT2D eigenvalue weighted by Crippen LogP contribution is 2.28. The summed E-state index contributed by atoms with van der Waals surface area (Å²) in [6.45, 7) is 4.68. The van der Waals surface area contributed by atoms with Crippen LogP contribution in [0.4, 0.5) is 0 Å². The number of H-pyrrole nitrogens is 1. The number of aromatic nitrogens is 4. The molecule has 21 heavy (non-hydrogen) atoms. The SMILES string of the molecule is CCOc1ccccc1-n1c(=S)[nH]c2c(CC)nn(C)c21. The number of aryl methyl sites for hydroxylation is 2. The standard InChI is InChI=1S/C15H18N4OS/c1-4-10-13-14(18(3)17-10)19(15(21)16-13)11-8-6-7-9-12(11)20-5-2/h6-9H,4-5H2,1-3H3,(H,16,21). The molecule has 0 amide bonds. The smallest absolute Gasteiger partial charge is 0.184 e. The maximum atomic E-state index is 5.73. The average molecular weight is 302 g/mol. The fraction of sp³-hybridized carbons (Fsp3) is 0.333. The van der Waals surface area contributed by atoms with E-state index in [0.29, 0.717) is 11.4 Å². The topological polar surface area (TPSA) is 47.8 Å².